The maximum atomic E-state index is 12.4. The van der Waals surface area contributed by atoms with Crippen molar-refractivity contribution < 1.29 is 27.9 Å². The normalized spacial score (nSPS) is 11.0. The average molecular weight is 305 g/mol. The molecule has 21 heavy (non-hydrogen) atoms. The standard InChI is InChI=1S/C12H14F3N3O3/c1-7-8(4-5-9(17-7)12(13,14)15)18-11(21)16-6-2-3-10(19)20/h4-5H,2-3,6H2,1H3,(H,19,20)(H2,16,18,21). The molecule has 0 unspecified atom stereocenters. The number of amides is 2. The van der Waals surface area contributed by atoms with Gasteiger partial charge in [-0.3, -0.25) is 4.79 Å². The Labute approximate surface area is 118 Å². The van der Waals surface area contributed by atoms with E-state index in [-0.39, 0.29) is 30.8 Å². The molecule has 0 aromatic carbocycles. The van der Waals surface area contributed by atoms with E-state index in [1.165, 1.54) is 6.92 Å². The molecule has 9 heteroatoms. The number of carbonyl (C=O) groups excluding carboxylic acids is 1. The summed E-state index contributed by atoms with van der Waals surface area (Å²) in [6.07, 6.45) is -4.36. The Bertz CT molecular complexity index is 532. The summed E-state index contributed by atoms with van der Waals surface area (Å²) < 4.78 is 37.3. The molecule has 0 aliphatic rings. The summed E-state index contributed by atoms with van der Waals surface area (Å²) in [7, 11) is 0. The quantitative estimate of drug-likeness (QED) is 0.728. The third-order valence-corrected chi connectivity index (χ3v) is 2.48. The van der Waals surface area contributed by atoms with Gasteiger partial charge in [0.2, 0.25) is 0 Å². The number of rotatable bonds is 5. The van der Waals surface area contributed by atoms with Gasteiger partial charge in [-0.1, -0.05) is 0 Å². The molecule has 1 aromatic rings. The summed E-state index contributed by atoms with van der Waals surface area (Å²) >= 11 is 0. The summed E-state index contributed by atoms with van der Waals surface area (Å²) in [5, 5.41) is 13.2. The van der Waals surface area contributed by atoms with Crippen LogP contribution in [-0.4, -0.2) is 28.6 Å². The van der Waals surface area contributed by atoms with Gasteiger partial charge in [0.25, 0.3) is 0 Å². The Kier molecular flexibility index (Phi) is 5.51. The topological polar surface area (TPSA) is 91.3 Å². The first-order valence-corrected chi connectivity index (χ1v) is 6.01. The van der Waals surface area contributed by atoms with Crippen LogP contribution in [-0.2, 0) is 11.0 Å². The van der Waals surface area contributed by atoms with E-state index in [4.69, 9.17) is 5.11 Å². The Morgan fingerprint density at radius 3 is 2.52 bits per heavy atom. The molecule has 0 saturated heterocycles. The number of hydrogen-bond acceptors (Lipinski definition) is 3. The van der Waals surface area contributed by atoms with Crippen LogP contribution in [0, 0.1) is 6.92 Å². The number of aromatic nitrogens is 1. The van der Waals surface area contributed by atoms with E-state index < -0.39 is 23.9 Å². The van der Waals surface area contributed by atoms with Crippen molar-refractivity contribution in [3.8, 4) is 0 Å². The highest BCUT2D eigenvalue weighted by Gasteiger charge is 2.32. The van der Waals surface area contributed by atoms with Gasteiger partial charge in [0.15, 0.2) is 0 Å². The first-order chi connectivity index (χ1) is 9.70. The number of aryl methyl sites for hydroxylation is 1. The highest BCUT2D eigenvalue weighted by atomic mass is 19.4. The lowest BCUT2D eigenvalue weighted by Gasteiger charge is -2.11. The number of halogens is 3. The van der Waals surface area contributed by atoms with E-state index in [9.17, 15) is 22.8 Å². The Balaban J connectivity index is 2.55. The number of alkyl halides is 3. The molecule has 1 aromatic heterocycles. The van der Waals surface area contributed by atoms with Crippen molar-refractivity contribution in [3.05, 3.63) is 23.5 Å². The lowest BCUT2D eigenvalue weighted by atomic mass is 10.2. The zero-order valence-electron chi connectivity index (χ0n) is 11.1. The van der Waals surface area contributed by atoms with Gasteiger partial charge in [0.05, 0.1) is 11.4 Å². The number of carboxylic acids is 1. The maximum Gasteiger partial charge on any atom is 0.433 e. The fourth-order valence-electron chi connectivity index (χ4n) is 1.46. The largest absolute Gasteiger partial charge is 0.481 e. The highest BCUT2D eigenvalue weighted by Crippen LogP contribution is 2.29. The molecule has 1 heterocycles. The summed E-state index contributed by atoms with van der Waals surface area (Å²) in [6.45, 7) is 1.49. The summed E-state index contributed by atoms with van der Waals surface area (Å²) in [5.41, 5.74) is -0.850. The molecule has 1 rings (SSSR count). The molecule has 2 amide bonds. The molecule has 0 aliphatic carbocycles. The van der Waals surface area contributed by atoms with Crippen LogP contribution in [0.5, 0.6) is 0 Å². The van der Waals surface area contributed by atoms with Crippen molar-refractivity contribution in [3.63, 3.8) is 0 Å². The Hall–Kier alpha value is -2.32. The Morgan fingerprint density at radius 2 is 2.00 bits per heavy atom. The minimum Gasteiger partial charge on any atom is -0.481 e. The predicted octanol–water partition coefficient (Wildman–Crippen LogP) is 2.40. The lowest BCUT2D eigenvalue weighted by Crippen LogP contribution is -2.30. The molecule has 0 saturated carbocycles. The van der Waals surface area contributed by atoms with Crippen LogP contribution < -0.4 is 10.6 Å². The van der Waals surface area contributed by atoms with Crippen molar-refractivity contribution >= 4 is 17.7 Å². The third kappa shape index (κ3) is 5.67. The molecular formula is C12H14F3N3O3. The van der Waals surface area contributed by atoms with Crippen molar-refractivity contribution in [2.75, 3.05) is 11.9 Å². The van der Waals surface area contributed by atoms with Crippen molar-refractivity contribution in [1.29, 1.82) is 0 Å². The van der Waals surface area contributed by atoms with Crippen molar-refractivity contribution in [2.45, 2.75) is 25.9 Å². The second-order valence-corrected chi connectivity index (χ2v) is 4.21. The number of nitrogens with one attached hydrogen (secondary N) is 2. The zero-order valence-corrected chi connectivity index (χ0v) is 11.1. The second-order valence-electron chi connectivity index (χ2n) is 4.21. The smallest absolute Gasteiger partial charge is 0.433 e. The fourth-order valence-corrected chi connectivity index (χ4v) is 1.46. The van der Waals surface area contributed by atoms with E-state index >= 15 is 0 Å². The van der Waals surface area contributed by atoms with Crippen LogP contribution in [0.2, 0.25) is 0 Å². The van der Waals surface area contributed by atoms with Crippen LogP contribution in [0.25, 0.3) is 0 Å². The van der Waals surface area contributed by atoms with E-state index in [0.717, 1.165) is 12.1 Å². The second kappa shape index (κ2) is 6.91. The summed E-state index contributed by atoms with van der Waals surface area (Å²) in [6, 6.07) is 1.25. The summed E-state index contributed by atoms with van der Waals surface area (Å²) in [4.78, 5) is 25.1. The van der Waals surface area contributed by atoms with Crippen LogP contribution in [0.1, 0.15) is 24.2 Å². The number of carbonyl (C=O) groups is 2. The van der Waals surface area contributed by atoms with E-state index in [0.29, 0.717) is 0 Å². The predicted molar refractivity (Wildman–Crippen MR) is 67.9 cm³/mol. The number of pyridine rings is 1. The molecule has 0 bridgehead atoms. The number of carboxylic acid groups (broad SMARTS) is 1. The van der Waals surface area contributed by atoms with Crippen LogP contribution >= 0.6 is 0 Å². The number of aliphatic carboxylic acids is 1. The van der Waals surface area contributed by atoms with Crippen LogP contribution in [0.15, 0.2) is 12.1 Å². The minimum absolute atomic E-state index is 0.0329. The molecule has 0 radical (unpaired) electrons. The van der Waals surface area contributed by atoms with Crippen molar-refractivity contribution in [1.82, 2.24) is 10.3 Å². The van der Waals surface area contributed by atoms with Gasteiger partial charge in [-0.25, -0.2) is 9.78 Å². The molecule has 0 aliphatic heterocycles. The molecule has 0 atom stereocenters. The van der Waals surface area contributed by atoms with E-state index in [1.807, 2.05) is 0 Å². The number of hydrogen-bond donors (Lipinski definition) is 3. The van der Waals surface area contributed by atoms with Gasteiger partial charge >= 0.3 is 18.2 Å². The average Bonchev–Trinajstić information content (AvgIpc) is 2.35. The van der Waals surface area contributed by atoms with Gasteiger partial charge in [0, 0.05) is 13.0 Å². The van der Waals surface area contributed by atoms with Gasteiger partial charge < -0.3 is 15.7 Å². The molecule has 0 fully saturated rings. The molecule has 116 valence electrons. The molecule has 0 spiro atoms. The number of anilines is 1. The zero-order chi connectivity index (χ0) is 16.0. The van der Waals surface area contributed by atoms with Gasteiger partial charge in [-0.15, -0.1) is 0 Å². The lowest BCUT2D eigenvalue weighted by molar-refractivity contribution is -0.141. The van der Waals surface area contributed by atoms with Crippen LogP contribution in [0.3, 0.4) is 0 Å². The van der Waals surface area contributed by atoms with Gasteiger partial charge in [-0.05, 0) is 25.5 Å². The van der Waals surface area contributed by atoms with E-state index in [1.54, 1.807) is 0 Å². The first kappa shape index (κ1) is 16.7. The number of urea groups is 1. The molecule has 6 nitrogen and oxygen atoms in total. The third-order valence-electron chi connectivity index (χ3n) is 2.48. The van der Waals surface area contributed by atoms with Gasteiger partial charge in [-0.2, -0.15) is 13.2 Å². The molecular weight excluding hydrogens is 291 g/mol. The van der Waals surface area contributed by atoms with Crippen LogP contribution in [0.4, 0.5) is 23.7 Å². The Morgan fingerprint density at radius 1 is 1.33 bits per heavy atom. The molecule has 3 N–H and O–H groups in total. The monoisotopic (exact) mass is 305 g/mol. The van der Waals surface area contributed by atoms with Crippen molar-refractivity contribution in [2.24, 2.45) is 0 Å². The minimum atomic E-state index is -4.54. The van der Waals surface area contributed by atoms with E-state index in [2.05, 4.69) is 15.6 Å². The highest BCUT2D eigenvalue weighted by molar-refractivity contribution is 5.89. The number of nitrogens with zero attached hydrogens (tertiary/aromatic N) is 1. The summed E-state index contributed by atoms with van der Waals surface area (Å²) in [5.74, 6) is -0.972. The fraction of sp³-hybridized carbons (Fsp3) is 0.417. The maximum absolute atomic E-state index is 12.4. The SMILES string of the molecule is Cc1nc(C(F)(F)F)ccc1NC(=O)NCCCC(=O)O. The van der Waals surface area contributed by atoms with Gasteiger partial charge in [0.1, 0.15) is 5.69 Å². The first-order valence-electron chi connectivity index (χ1n) is 6.01.